The second-order valence-corrected chi connectivity index (χ2v) is 7.78. The first-order chi connectivity index (χ1) is 9.92. The lowest BCUT2D eigenvalue weighted by molar-refractivity contribution is 0.328. The van der Waals surface area contributed by atoms with E-state index in [2.05, 4.69) is 40.3 Å². The largest absolute Gasteiger partial charge is 0.309 e. The lowest BCUT2D eigenvalue weighted by Crippen LogP contribution is -2.29. The molecule has 3 rings (SSSR count). The highest BCUT2D eigenvalue weighted by Gasteiger charge is 2.18. The summed E-state index contributed by atoms with van der Waals surface area (Å²) in [6.07, 6.45) is 8.28. The predicted molar refractivity (Wildman–Crippen MR) is 89.7 cm³/mol. The van der Waals surface area contributed by atoms with Gasteiger partial charge in [-0.3, -0.25) is 0 Å². The molecule has 20 heavy (non-hydrogen) atoms. The number of hydrogen-bond donors (Lipinski definition) is 1. The van der Waals surface area contributed by atoms with Crippen LogP contribution in [0.15, 0.2) is 35.0 Å². The molecule has 0 aliphatic heterocycles. The van der Waals surface area contributed by atoms with Gasteiger partial charge in [-0.1, -0.05) is 31.4 Å². The molecule has 1 atom stereocenters. The van der Waals surface area contributed by atoms with Gasteiger partial charge in [0, 0.05) is 22.2 Å². The van der Waals surface area contributed by atoms with Crippen LogP contribution in [0.25, 0.3) is 0 Å². The molecule has 2 aromatic heterocycles. The molecular formula is C17H23NS2. The highest BCUT2D eigenvalue weighted by atomic mass is 32.1. The van der Waals surface area contributed by atoms with Crippen LogP contribution in [0.4, 0.5) is 0 Å². The smallest absolute Gasteiger partial charge is 0.0463 e. The van der Waals surface area contributed by atoms with Crippen molar-refractivity contribution in [3.05, 3.63) is 44.8 Å². The van der Waals surface area contributed by atoms with Gasteiger partial charge in [0.25, 0.3) is 0 Å². The maximum Gasteiger partial charge on any atom is 0.0463 e. The van der Waals surface area contributed by atoms with E-state index in [1.54, 1.807) is 0 Å². The number of rotatable bonds is 6. The van der Waals surface area contributed by atoms with Gasteiger partial charge in [0.05, 0.1) is 0 Å². The minimum Gasteiger partial charge on any atom is -0.309 e. The monoisotopic (exact) mass is 305 g/mol. The summed E-state index contributed by atoms with van der Waals surface area (Å²) in [5.74, 6) is 0.898. The van der Waals surface area contributed by atoms with Crippen molar-refractivity contribution < 1.29 is 0 Å². The summed E-state index contributed by atoms with van der Waals surface area (Å²) in [5.41, 5.74) is 0. The van der Waals surface area contributed by atoms with Crippen LogP contribution in [0.2, 0.25) is 0 Å². The Hall–Kier alpha value is -0.640. The van der Waals surface area contributed by atoms with E-state index in [0.717, 1.165) is 12.3 Å². The van der Waals surface area contributed by atoms with Gasteiger partial charge in [-0.2, -0.15) is 0 Å². The van der Waals surface area contributed by atoms with E-state index in [1.165, 1.54) is 48.4 Å². The van der Waals surface area contributed by atoms with E-state index < -0.39 is 0 Å². The highest BCUT2D eigenvalue weighted by Crippen LogP contribution is 2.27. The normalized spacial score (nSPS) is 18.2. The molecule has 1 N–H and O–H groups in total. The molecule has 1 aliphatic carbocycles. The first-order valence-corrected chi connectivity index (χ1v) is 9.47. The lowest BCUT2D eigenvalue weighted by Gasteiger charge is -2.25. The zero-order valence-electron chi connectivity index (χ0n) is 11.9. The molecule has 0 amide bonds. The van der Waals surface area contributed by atoms with Gasteiger partial charge >= 0.3 is 0 Å². The Labute approximate surface area is 130 Å². The number of nitrogens with one attached hydrogen (secondary N) is 1. The Balaban J connectivity index is 1.60. The van der Waals surface area contributed by atoms with Crippen LogP contribution in [0.1, 0.15) is 47.9 Å². The zero-order chi connectivity index (χ0) is 13.6. The van der Waals surface area contributed by atoms with Crippen LogP contribution in [-0.2, 0) is 6.42 Å². The third-order valence-electron chi connectivity index (χ3n) is 4.25. The van der Waals surface area contributed by atoms with Crippen LogP contribution >= 0.6 is 22.7 Å². The molecule has 108 valence electrons. The molecule has 2 heterocycles. The van der Waals surface area contributed by atoms with E-state index in [0.29, 0.717) is 6.04 Å². The van der Waals surface area contributed by atoms with Gasteiger partial charge in [0.2, 0.25) is 0 Å². The van der Waals surface area contributed by atoms with Crippen molar-refractivity contribution in [3.8, 4) is 0 Å². The van der Waals surface area contributed by atoms with Gasteiger partial charge in [-0.25, -0.2) is 0 Å². The summed E-state index contributed by atoms with van der Waals surface area (Å²) in [4.78, 5) is 2.97. The van der Waals surface area contributed by atoms with Crippen molar-refractivity contribution in [2.75, 3.05) is 6.54 Å². The summed E-state index contributed by atoms with van der Waals surface area (Å²) < 4.78 is 0. The first-order valence-electron chi connectivity index (χ1n) is 7.71. The third-order valence-corrected chi connectivity index (χ3v) is 6.13. The topological polar surface area (TPSA) is 12.0 Å². The van der Waals surface area contributed by atoms with Gasteiger partial charge in [-0.15, -0.1) is 22.7 Å². The molecule has 1 saturated carbocycles. The number of thiophene rings is 2. The van der Waals surface area contributed by atoms with Gasteiger partial charge < -0.3 is 5.32 Å². The van der Waals surface area contributed by atoms with Crippen LogP contribution in [0.5, 0.6) is 0 Å². The van der Waals surface area contributed by atoms with Crippen LogP contribution in [-0.4, -0.2) is 6.54 Å². The molecule has 1 fully saturated rings. The van der Waals surface area contributed by atoms with E-state index in [1.807, 2.05) is 22.7 Å². The van der Waals surface area contributed by atoms with Gasteiger partial charge in [0.1, 0.15) is 0 Å². The van der Waals surface area contributed by atoms with Gasteiger partial charge in [-0.05, 0) is 48.2 Å². The minimum atomic E-state index is 0.496. The Morgan fingerprint density at radius 2 is 1.85 bits per heavy atom. The van der Waals surface area contributed by atoms with Crippen LogP contribution in [0.3, 0.4) is 0 Å². The van der Waals surface area contributed by atoms with Crippen molar-refractivity contribution >= 4 is 22.7 Å². The molecule has 3 heteroatoms. The molecule has 2 aromatic rings. The molecule has 1 nitrogen and oxygen atoms in total. The molecule has 0 radical (unpaired) electrons. The first kappa shape index (κ1) is 14.3. The quantitative estimate of drug-likeness (QED) is 0.767. The molecular weight excluding hydrogens is 282 g/mol. The highest BCUT2D eigenvalue weighted by molar-refractivity contribution is 7.10. The van der Waals surface area contributed by atoms with E-state index in [-0.39, 0.29) is 0 Å². The molecule has 0 saturated heterocycles. The lowest BCUT2D eigenvalue weighted by atomic mass is 9.89. The second-order valence-electron chi connectivity index (χ2n) is 5.76. The SMILES string of the molecule is c1csc(CC(NCC2CCCCC2)c2cccs2)c1. The fourth-order valence-corrected chi connectivity index (χ4v) is 4.65. The number of hydrogen-bond acceptors (Lipinski definition) is 3. The van der Waals surface area contributed by atoms with Crippen LogP contribution < -0.4 is 5.32 Å². The Morgan fingerprint density at radius 3 is 2.55 bits per heavy atom. The van der Waals surface area contributed by atoms with Crippen LogP contribution in [0, 0.1) is 5.92 Å². The van der Waals surface area contributed by atoms with Crippen molar-refractivity contribution in [1.82, 2.24) is 5.32 Å². The fourth-order valence-electron chi connectivity index (χ4n) is 3.09. The van der Waals surface area contributed by atoms with E-state index in [9.17, 15) is 0 Å². The molecule has 0 bridgehead atoms. The average Bonchev–Trinajstić information content (AvgIpc) is 3.17. The molecule has 0 aromatic carbocycles. The molecule has 1 unspecified atom stereocenters. The van der Waals surface area contributed by atoms with Crippen molar-refractivity contribution in [1.29, 1.82) is 0 Å². The summed E-state index contributed by atoms with van der Waals surface area (Å²) >= 11 is 3.76. The van der Waals surface area contributed by atoms with Crippen molar-refractivity contribution in [2.45, 2.75) is 44.6 Å². The summed E-state index contributed by atoms with van der Waals surface area (Å²) in [7, 11) is 0. The third kappa shape index (κ3) is 3.94. The van der Waals surface area contributed by atoms with E-state index >= 15 is 0 Å². The average molecular weight is 306 g/mol. The van der Waals surface area contributed by atoms with E-state index in [4.69, 9.17) is 0 Å². The summed E-state index contributed by atoms with van der Waals surface area (Å²) in [6.45, 7) is 1.19. The maximum atomic E-state index is 3.85. The maximum absolute atomic E-state index is 3.85. The Morgan fingerprint density at radius 1 is 1.05 bits per heavy atom. The molecule has 1 aliphatic rings. The van der Waals surface area contributed by atoms with Gasteiger partial charge in [0.15, 0.2) is 0 Å². The Bertz CT molecular complexity index is 469. The van der Waals surface area contributed by atoms with Crippen molar-refractivity contribution in [2.24, 2.45) is 5.92 Å². The van der Waals surface area contributed by atoms with Crippen molar-refractivity contribution in [3.63, 3.8) is 0 Å². The Kier molecular flexibility index (Phi) is 5.29. The summed E-state index contributed by atoms with van der Waals surface area (Å²) in [6, 6.07) is 9.36. The predicted octanol–water partition coefficient (Wildman–Crippen LogP) is 5.26. The second kappa shape index (κ2) is 7.39. The fraction of sp³-hybridized carbons (Fsp3) is 0.529. The zero-order valence-corrected chi connectivity index (χ0v) is 13.5. The standard InChI is InChI=1S/C17H23NS2/c1-2-6-14(7-3-1)13-18-16(17-9-5-11-20-17)12-15-8-4-10-19-15/h4-5,8-11,14,16,18H,1-3,6-7,12-13H2. The minimum absolute atomic E-state index is 0.496. The summed E-state index contributed by atoms with van der Waals surface area (Å²) in [5, 5.41) is 8.22. The molecule has 0 spiro atoms.